The van der Waals surface area contributed by atoms with Crippen molar-refractivity contribution in [2.75, 3.05) is 0 Å². The van der Waals surface area contributed by atoms with Crippen LogP contribution in [0, 0.1) is 0 Å². The van der Waals surface area contributed by atoms with Gasteiger partial charge in [0.2, 0.25) is 0 Å². The summed E-state index contributed by atoms with van der Waals surface area (Å²) in [7, 11) is 0. The molecule has 16 heavy (non-hydrogen) atoms. The van der Waals surface area contributed by atoms with Gasteiger partial charge in [-0.3, -0.25) is 0 Å². The van der Waals surface area contributed by atoms with Crippen LogP contribution >= 0.6 is 11.3 Å². The van der Waals surface area contributed by atoms with Gasteiger partial charge in [0.05, 0.1) is 6.10 Å². The highest BCUT2D eigenvalue weighted by Gasteiger charge is 2.27. The first-order valence-electron chi connectivity index (χ1n) is 5.30. The van der Waals surface area contributed by atoms with Crippen LogP contribution in [0.3, 0.4) is 0 Å². The van der Waals surface area contributed by atoms with Gasteiger partial charge in [0.25, 0.3) is 0 Å². The number of fused-ring (bicyclic) bond motifs is 1. The fraction of sp³-hybridized carbons (Fsp3) is 0.231. The highest BCUT2D eigenvalue weighted by atomic mass is 32.1. The normalized spacial score (nSPS) is 23.6. The molecule has 1 aromatic heterocycles. The van der Waals surface area contributed by atoms with Crippen molar-refractivity contribution < 1.29 is 9.84 Å². The van der Waals surface area contributed by atoms with E-state index in [9.17, 15) is 5.11 Å². The molecule has 1 aliphatic heterocycles. The predicted octanol–water partition coefficient (Wildman–Crippen LogP) is 3.31. The molecule has 1 N–H and O–H groups in total. The third-order valence-corrected chi connectivity index (χ3v) is 3.60. The molecule has 0 amide bonds. The summed E-state index contributed by atoms with van der Waals surface area (Å²) in [6.07, 6.45) is 0.194. The molecule has 0 spiro atoms. The Labute approximate surface area is 98.1 Å². The van der Waals surface area contributed by atoms with E-state index in [0.29, 0.717) is 6.42 Å². The average Bonchev–Trinajstić information content (AvgIpc) is 2.82. The standard InChI is InChI=1S/C13H12O2S/c14-11-7-13(9-5-6-16-8-9)15-12-4-2-1-3-10(11)12/h1-6,8,11,13-14H,7H2/t11-,13?/m1/s1. The van der Waals surface area contributed by atoms with E-state index < -0.39 is 6.10 Å². The minimum absolute atomic E-state index is 0.0175. The molecule has 2 aromatic rings. The highest BCUT2D eigenvalue weighted by Crippen LogP contribution is 2.40. The number of ether oxygens (including phenoxy) is 1. The third-order valence-electron chi connectivity index (χ3n) is 2.90. The van der Waals surface area contributed by atoms with Gasteiger partial charge >= 0.3 is 0 Å². The fourth-order valence-corrected chi connectivity index (χ4v) is 2.76. The molecular formula is C13H12O2S. The molecule has 0 saturated heterocycles. The second-order valence-electron chi connectivity index (χ2n) is 3.95. The Morgan fingerprint density at radius 2 is 2.12 bits per heavy atom. The summed E-state index contributed by atoms with van der Waals surface area (Å²) in [6.45, 7) is 0. The topological polar surface area (TPSA) is 29.5 Å². The molecule has 1 aliphatic rings. The summed E-state index contributed by atoms with van der Waals surface area (Å²) >= 11 is 1.65. The van der Waals surface area contributed by atoms with Gasteiger partial charge in [-0.25, -0.2) is 0 Å². The Hall–Kier alpha value is -1.32. The van der Waals surface area contributed by atoms with Crippen molar-refractivity contribution in [1.82, 2.24) is 0 Å². The maximum atomic E-state index is 10.1. The molecule has 0 bridgehead atoms. The summed E-state index contributed by atoms with van der Waals surface area (Å²) in [6, 6.07) is 9.74. The quantitative estimate of drug-likeness (QED) is 0.817. The maximum absolute atomic E-state index is 10.1. The van der Waals surface area contributed by atoms with Crippen LogP contribution in [0.4, 0.5) is 0 Å². The first kappa shape index (κ1) is 9.87. The van der Waals surface area contributed by atoms with Crippen LogP contribution in [-0.4, -0.2) is 5.11 Å². The van der Waals surface area contributed by atoms with E-state index >= 15 is 0 Å². The zero-order valence-corrected chi connectivity index (χ0v) is 9.48. The highest BCUT2D eigenvalue weighted by molar-refractivity contribution is 7.07. The van der Waals surface area contributed by atoms with Gasteiger partial charge in [0, 0.05) is 17.5 Å². The van der Waals surface area contributed by atoms with Gasteiger partial charge in [-0.05, 0) is 22.9 Å². The SMILES string of the molecule is O[C@@H]1CC(c2ccsc2)Oc2ccccc21. The number of benzene rings is 1. The van der Waals surface area contributed by atoms with Crippen molar-refractivity contribution in [1.29, 1.82) is 0 Å². The molecule has 0 fully saturated rings. The Morgan fingerprint density at radius 1 is 1.25 bits per heavy atom. The van der Waals surface area contributed by atoms with E-state index in [2.05, 4.69) is 11.4 Å². The Kier molecular flexibility index (Phi) is 2.42. The van der Waals surface area contributed by atoms with Crippen molar-refractivity contribution in [2.45, 2.75) is 18.6 Å². The summed E-state index contributed by atoms with van der Waals surface area (Å²) in [5, 5.41) is 14.2. The van der Waals surface area contributed by atoms with Gasteiger partial charge < -0.3 is 9.84 Å². The largest absolute Gasteiger partial charge is 0.485 e. The summed E-state index contributed by atoms with van der Waals surface area (Å²) < 4.78 is 5.89. The number of rotatable bonds is 1. The van der Waals surface area contributed by atoms with Crippen molar-refractivity contribution in [3.8, 4) is 5.75 Å². The summed E-state index contributed by atoms with van der Waals surface area (Å²) in [4.78, 5) is 0. The monoisotopic (exact) mass is 232 g/mol. The lowest BCUT2D eigenvalue weighted by Gasteiger charge is -2.29. The summed E-state index contributed by atoms with van der Waals surface area (Å²) in [5.41, 5.74) is 2.05. The average molecular weight is 232 g/mol. The van der Waals surface area contributed by atoms with Crippen LogP contribution in [0.1, 0.15) is 29.8 Å². The van der Waals surface area contributed by atoms with Crippen LogP contribution in [-0.2, 0) is 0 Å². The van der Waals surface area contributed by atoms with Crippen molar-refractivity contribution in [2.24, 2.45) is 0 Å². The molecule has 0 aliphatic carbocycles. The number of aliphatic hydroxyl groups excluding tert-OH is 1. The van der Waals surface area contributed by atoms with Crippen molar-refractivity contribution in [3.05, 3.63) is 52.2 Å². The molecule has 2 atom stereocenters. The second kappa shape index (κ2) is 3.92. The molecule has 1 aromatic carbocycles. The first-order chi connectivity index (χ1) is 7.84. The van der Waals surface area contributed by atoms with Gasteiger partial charge in [-0.15, -0.1) is 0 Å². The van der Waals surface area contributed by atoms with E-state index in [0.717, 1.165) is 16.9 Å². The molecule has 3 rings (SSSR count). The zero-order valence-electron chi connectivity index (χ0n) is 8.67. The van der Waals surface area contributed by atoms with Gasteiger partial charge in [0.15, 0.2) is 0 Å². The van der Waals surface area contributed by atoms with Crippen LogP contribution in [0.15, 0.2) is 41.1 Å². The summed E-state index contributed by atoms with van der Waals surface area (Å²) in [5.74, 6) is 0.803. The minimum Gasteiger partial charge on any atom is -0.485 e. The van der Waals surface area contributed by atoms with Crippen LogP contribution < -0.4 is 4.74 Å². The molecular weight excluding hydrogens is 220 g/mol. The zero-order chi connectivity index (χ0) is 11.0. The third kappa shape index (κ3) is 1.62. The molecule has 0 radical (unpaired) electrons. The van der Waals surface area contributed by atoms with Gasteiger partial charge in [-0.1, -0.05) is 18.2 Å². The number of hydrogen-bond donors (Lipinski definition) is 1. The van der Waals surface area contributed by atoms with Crippen molar-refractivity contribution in [3.63, 3.8) is 0 Å². The number of hydrogen-bond acceptors (Lipinski definition) is 3. The predicted molar refractivity (Wildman–Crippen MR) is 63.7 cm³/mol. The van der Waals surface area contributed by atoms with Crippen LogP contribution in [0.25, 0.3) is 0 Å². The first-order valence-corrected chi connectivity index (χ1v) is 6.24. The second-order valence-corrected chi connectivity index (χ2v) is 4.73. The Balaban J connectivity index is 1.95. The molecule has 1 unspecified atom stereocenters. The van der Waals surface area contributed by atoms with E-state index in [1.807, 2.05) is 29.6 Å². The maximum Gasteiger partial charge on any atom is 0.127 e. The fourth-order valence-electron chi connectivity index (χ4n) is 2.06. The van der Waals surface area contributed by atoms with Crippen LogP contribution in [0.5, 0.6) is 5.75 Å². The van der Waals surface area contributed by atoms with Crippen molar-refractivity contribution >= 4 is 11.3 Å². The number of thiophene rings is 1. The smallest absolute Gasteiger partial charge is 0.127 e. The van der Waals surface area contributed by atoms with E-state index in [1.54, 1.807) is 11.3 Å². The molecule has 0 saturated carbocycles. The molecule has 2 nitrogen and oxygen atoms in total. The molecule has 82 valence electrons. The molecule has 2 heterocycles. The van der Waals surface area contributed by atoms with E-state index in [4.69, 9.17) is 4.74 Å². The van der Waals surface area contributed by atoms with E-state index in [-0.39, 0.29) is 6.10 Å². The lowest BCUT2D eigenvalue weighted by atomic mass is 9.96. The minimum atomic E-state index is -0.421. The lowest BCUT2D eigenvalue weighted by Crippen LogP contribution is -2.18. The number of aliphatic hydroxyl groups is 1. The lowest BCUT2D eigenvalue weighted by molar-refractivity contribution is 0.0659. The van der Waals surface area contributed by atoms with E-state index in [1.165, 1.54) is 0 Å². The Morgan fingerprint density at radius 3 is 2.94 bits per heavy atom. The Bertz CT molecular complexity index is 478. The van der Waals surface area contributed by atoms with Gasteiger partial charge in [-0.2, -0.15) is 11.3 Å². The van der Waals surface area contributed by atoms with Crippen LogP contribution in [0.2, 0.25) is 0 Å². The molecule has 3 heteroatoms. The van der Waals surface area contributed by atoms with Gasteiger partial charge in [0.1, 0.15) is 11.9 Å². The number of para-hydroxylation sites is 1.